The van der Waals surface area contributed by atoms with Crippen molar-refractivity contribution in [3.63, 3.8) is 0 Å². The fraction of sp³-hybridized carbons (Fsp3) is 0.278. The molecule has 0 unspecified atom stereocenters. The topological polar surface area (TPSA) is 47.6 Å². The van der Waals surface area contributed by atoms with Crippen molar-refractivity contribution in [1.82, 2.24) is 5.32 Å². The molecule has 1 N–H and O–H groups in total. The van der Waals surface area contributed by atoms with Crippen LogP contribution in [0.4, 0.5) is 4.39 Å². The third-order valence-electron chi connectivity index (χ3n) is 3.55. The molecule has 0 fully saturated rings. The van der Waals surface area contributed by atoms with Gasteiger partial charge in [0.15, 0.2) is 11.5 Å². The zero-order valence-electron chi connectivity index (χ0n) is 13.6. The van der Waals surface area contributed by atoms with Crippen LogP contribution in [0.15, 0.2) is 36.4 Å². The number of hydrogen-bond donors (Lipinski definition) is 1. The third kappa shape index (κ3) is 4.86. The van der Waals surface area contributed by atoms with Gasteiger partial charge in [-0.05, 0) is 41.8 Å². The first-order chi connectivity index (χ1) is 11.5. The molecule has 4 nitrogen and oxygen atoms in total. The van der Waals surface area contributed by atoms with Crippen LogP contribution in [0.1, 0.15) is 11.1 Å². The lowest BCUT2D eigenvalue weighted by atomic mass is 10.1. The standard InChI is InChI=1S/C18H19ClFNO3/c1-23-16-6-3-12(9-17(16)24-2)7-8-21-18(22)10-13-4-5-14(19)11-15(13)20/h3-6,9,11H,7-8,10H2,1-2H3,(H,21,22). The number of amides is 1. The second kappa shape index (κ2) is 8.55. The minimum absolute atomic E-state index is 0.0189. The summed E-state index contributed by atoms with van der Waals surface area (Å²) in [5, 5.41) is 3.09. The van der Waals surface area contributed by atoms with E-state index in [4.69, 9.17) is 21.1 Å². The molecule has 0 aliphatic carbocycles. The highest BCUT2D eigenvalue weighted by atomic mass is 35.5. The van der Waals surface area contributed by atoms with Gasteiger partial charge in [-0.3, -0.25) is 4.79 Å². The Morgan fingerprint density at radius 3 is 2.54 bits per heavy atom. The van der Waals surface area contributed by atoms with Crippen LogP contribution in [0.5, 0.6) is 11.5 Å². The van der Waals surface area contributed by atoms with Crippen molar-refractivity contribution in [3.8, 4) is 11.5 Å². The van der Waals surface area contributed by atoms with Crippen LogP contribution in [-0.4, -0.2) is 26.7 Å². The summed E-state index contributed by atoms with van der Waals surface area (Å²) in [5.74, 6) is 0.585. The minimum atomic E-state index is -0.474. The van der Waals surface area contributed by atoms with Gasteiger partial charge in [-0.2, -0.15) is 0 Å². The van der Waals surface area contributed by atoms with Crippen molar-refractivity contribution < 1.29 is 18.7 Å². The fourth-order valence-corrected chi connectivity index (χ4v) is 2.44. The third-order valence-corrected chi connectivity index (χ3v) is 3.79. The zero-order chi connectivity index (χ0) is 17.5. The van der Waals surface area contributed by atoms with Crippen LogP contribution in [-0.2, 0) is 17.6 Å². The molecule has 2 aromatic carbocycles. The molecule has 2 aromatic rings. The number of ether oxygens (including phenoxy) is 2. The van der Waals surface area contributed by atoms with Gasteiger partial charge in [0.2, 0.25) is 5.91 Å². The molecule has 2 rings (SSSR count). The number of nitrogens with one attached hydrogen (secondary N) is 1. The molecule has 0 spiro atoms. The number of carbonyl (C=O) groups excluding carboxylic acids is 1. The minimum Gasteiger partial charge on any atom is -0.493 e. The van der Waals surface area contributed by atoms with Crippen LogP contribution >= 0.6 is 11.6 Å². The number of carbonyl (C=O) groups is 1. The van der Waals surface area contributed by atoms with E-state index in [1.54, 1.807) is 20.3 Å². The SMILES string of the molecule is COc1ccc(CCNC(=O)Cc2ccc(Cl)cc2F)cc1OC. The van der Waals surface area contributed by atoms with E-state index >= 15 is 0 Å². The van der Waals surface area contributed by atoms with E-state index in [0.29, 0.717) is 35.1 Å². The summed E-state index contributed by atoms with van der Waals surface area (Å²) in [6.07, 6.45) is 0.615. The van der Waals surface area contributed by atoms with Crippen LogP contribution in [0, 0.1) is 5.82 Å². The van der Waals surface area contributed by atoms with Crippen LogP contribution in [0.2, 0.25) is 5.02 Å². The normalized spacial score (nSPS) is 10.3. The summed E-state index contributed by atoms with van der Waals surface area (Å²) in [5.41, 5.74) is 1.33. The van der Waals surface area contributed by atoms with Crippen LogP contribution in [0.25, 0.3) is 0 Å². The van der Waals surface area contributed by atoms with Crippen LogP contribution in [0.3, 0.4) is 0 Å². The Labute approximate surface area is 145 Å². The van der Waals surface area contributed by atoms with E-state index in [1.807, 2.05) is 18.2 Å². The molecule has 0 heterocycles. The first-order valence-corrected chi connectivity index (χ1v) is 7.83. The number of methoxy groups -OCH3 is 2. The predicted octanol–water partition coefficient (Wildman–Crippen LogP) is 3.40. The summed E-state index contributed by atoms with van der Waals surface area (Å²) in [4.78, 5) is 11.9. The molecule has 0 aliphatic rings. The van der Waals surface area contributed by atoms with Crippen molar-refractivity contribution in [2.75, 3.05) is 20.8 Å². The molecular formula is C18H19ClFNO3. The molecule has 0 radical (unpaired) electrons. The van der Waals surface area contributed by atoms with Crippen molar-refractivity contribution in [2.45, 2.75) is 12.8 Å². The lowest BCUT2D eigenvalue weighted by molar-refractivity contribution is -0.120. The van der Waals surface area contributed by atoms with E-state index in [0.717, 1.165) is 5.56 Å². The monoisotopic (exact) mass is 351 g/mol. The Bertz CT molecular complexity index is 721. The lowest BCUT2D eigenvalue weighted by Gasteiger charge is -2.10. The predicted molar refractivity (Wildman–Crippen MR) is 91.4 cm³/mol. The smallest absolute Gasteiger partial charge is 0.224 e. The molecule has 0 aromatic heterocycles. The van der Waals surface area contributed by atoms with Gasteiger partial charge in [-0.15, -0.1) is 0 Å². The summed E-state index contributed by atoms with van der Waals surface area (Å²) >= 11 is 5.69. The second-order valence-corrected chi connectivity index (χ2v) is 5.64. The Hall–Kier alpha value is -2.27. The molecule has 0 saturated carbocycles. The molecule has 24 heavy (non-hydrogen) atoms. The molecule has 0 aliphatic heterocycles. The molecular weight excluding hydrogens is 333 g/mol. The summed E-state index contributed by atoms with van der Waals surface area (Å²) < 4.78 is 24.1. The Morgan fingerprint density at radius 2 is 1.88 bits per heavy atom. The van der Waals surface area contributed by atoms with Gasteiger partial charge in [-0.25, -0.2) is 4.39 Å². The molecule has 128 valence electrons. The Morgan fingerprint density at radius 1 is 1.12 bits per heavy atom. The fourth-order valence-electron chi connectivity index (χ4n) is 2.28. The first-order valence-electron chi connectivity index (χ1n) is 7.45. The first kappa shape index (κ1) is 18.1. The quantitative estimate of drug-likeness (QED) is 0.831. The van der Waals surface area contributed by atoms with Crippen molar-refractivity contribution in [3.05, 3.63) is 58.4 Å². The number of hydrogen-bond acceptors (Lipinski definition) is 3. The van der Waals surface area contributed by atoms with Gasteiger partial charge in [-0.1, -0.05) is 23.7 Å². The van der Waals surface area contributed by atoms with Crippen molar-refractivity contribution >= 4 is 17.5 Å². The van der Waals surface area contributed by atoms with E-state index in [9.17, 15) is 9.18 Å². The van der Waals surface area contributed by atoms with Gasteiger partial charge >= 0.3 is 0 Å². The highest BCUT2D eigenvalue weighted by Gasteiger charge is 2.09. The Kier molecular flexibility index (Phi) is 6.44. The second-order valence-electron chi connectivity index (χ2n) is 5.20. The van der Waals surface area contributed by atoms with Gasteiger partial charge in [0.25, 0.3) is 0 Å². The van der Waals surface area contributed by atoms with E-state index in [-0.39, 0.29) is 12.3 Å². The number of halogens is 2. The zero-order valence-corrected chi connectivity index (χ0v) is 14.3. The van der Waals surface area contributed by atoms with Crippen molar-refractivity contribution in [2.24, 2.45) is 0 Å². The van der Waals surface area contributed by atoms with E-state index in [1.165, 1.54) is 12.1 Å². The van der Waals surface area contributed by atoms with Gasteiger partial charge in [0.1, 0.15) is 5.82 Å². The maximum absolute atomic E-state index is 13.7. The number of rotatable bonds is 7. The molecule has 6 heteroatoms. The maximum atomic E-state index is 13.7. The average molecular weight is 352 g/mol. The lowest BCUT2D eigenvalue weighted by Crippen LogP contribution is -2.27. The molecule has 0 bridgehead atoms. The highest BCUT2D eigenvalue weighted by Crippen LogP contribution is 2.27. The van der Waals surface area contributed by atoms with E-state index in [2.05, 4.69) is 5.32 Å². The molecule has 0 saturated heterocycles. The average Bonchev–Trinajstić information content (AvgIpc) is 2.57. The molecule has 0 atom stereocenters. The van der Waals surface area contributed by atoms with Gasteiger partial charge in [0.05, 0.1) is 20.6 Å². The highest BCUT2D eigenvalue weighted by molar-refractivity contribution is 6.30. The summed E-state index contributed by atoms with van der Waals surface area (Å²) in [6, 6.07) is 9.88. The van der Waals surface area contributed by atoms with Crippen LogP contribution < -0.4 is 14.8 Å². The van der Waals surface area contributed by atoms with Gasteiger partial charge < -0.3 is 14.8 Å². The maximum Gasteiger partial charge on any atom is 0.224 e. The van der Waals surface area contributed by atoms with E-state index < -0.39 is 5.82 Å². The largest absolute Gasteiger partial charge is 0.493 e. The number of benzene rings is 2. The Balaban J connectivity index is 1.86. The van der Waals surface area contributed by atoms with Gasteiger partial charge in [0, 0.05) is 11.6 Å². The molecule has 1 amide bonds. The summed E-state index contributed by atoms with van der Waals surface area (Å²) in [7, 11) is 3.15. The summed E-state index contributed by atoms with van der Waals surface area (Å²) in [6.45, 7) is 0.448. The van der Waals surface area contributed by atoms with Crippen molar-refractivity contribution in [1.29, 1.82) is 0 Å².